The van der Waals surface area contributed by atoms with Crippen LogP contribution >= 0.6 is 20.7 Å². The molecule has 1 aromatic carbocycles. The van der Waals surface area contributed by atoms with Crippen molar-refractivity contribution < 1.29 is 9.53 Å². The molecule has 1 amide bonds. The van der Waals surface area contributed by atoms with Crippen molar-refractivity contribution in [1.29, 1.82) is 0 Å². The fourth-order valence-electron chi connectivity index (χ4n) is 3.02. The summed E-state index contributed by atoms with van der Waals surface area (Å²) in [5.74, 6) is 0.521. The number of hydrogen-bond donors (Lipinski definition) is 2. The molecule has 2 aromatic heterocycles. The Balaban J connectivity index is 1.79. The van der Waals surface area contributed by atoms with Gasteiger partial charge in [0.25, 0.3) is 5.91 Å². The number of carbonyl (C=O) groups excluding carboxylic acids is 1. The van der Waals surface area contributed by atoms with Crippen molar-refractivity contribution >= 4 is 32.3 Å². The van der Waals surface area contributed by atoms with E-state index in [-0.39, 0.29) is 11.4 Å². The number of aromatic nitrogens is 1. The second-order valence-electron chi connectivity index (χ2n) is 6.63. The highest BCUT2D eigenvalue weighted by Gasteiger charge is 2.33. The van der Waals surface area contributed by atoms with Gasteiger partial charge in [-0.15, -0.1) is 0 Å². The lowest BCUT2D eigenvalue weighted by molar-refractivity contribution is 0.0953. The van der Waals surface area contributed by atoms with Gasteiger partial charge in [0.2, 0.25) is 0 Å². The number of benzene rings is 1. The predicted octanol–water partition coefficient (Wildman–Crippen LogP) is 3.79. The molecule has 4 rings (SSSR count). The number of nitrogens with one attached hydrogen (secondary N) is 2. The molecule has 1 aliphatic rings. The Labute approximate surface area is 163 Å². The number of fused-ring (bicyclic) bond motifs is 3. The van der Waals surface area contributed by atoms with Gasteiger partial charge in [0.05, 0.1) is 17.5 Å². The van der Waals surface area contributed by atoms with Crippen molar-refractivity contribution in [3.8, 4) is 16.9 Å². The SMILES string of the molecule is COc1ccc2c(c1)-c1c(ssc1=NNC(=O)c1ccncc1)C(C)(C)N2. The van der Waals surface area contributed by atoms with E-state index in [4.69, 9.17) is 4.74 Å². The molecule has 27 heavy (non-hydrogen) atoms. The van der Waals surface area contributed by atoms with Crippen LogP contribution in [0.2, 0.25) is 0 Å². The number of ether oxygens (including phenoxy) is 1. The normalized spacial score (nSPS) is 14.7. The van der Waals surface area contributed by atoms with Gasteiger partial charge in [-0.3, -0.25) is 9.78 Å². The van der Waals surface area contributed by atoms with E-state index in [2.05, 4.69) is 34.7 Å². The first-order valence-corrected chi connectivity index (χ1v) is 10.5. The van der Waals surface area contributed by atoms with Gasteiger partial charge in [-0.25, -0.2) is 5.43 Å². The molecule has 0 atom stereocenters. The van der Waals surface area contributed by atoms with E-state index in [9.17, 15) is 4.79 Å². The fraction of sp³-hybridized carbons (Fsp3) is 0.211. The zero-order valence-electron chi connectivity index (χ0n) is 15.1. The Kier molecular flexibility index (Phi) is 4.45. The molecule has 6 nitrogen and oxygen atoms in total. The topological polar surface area (TPSA) is 75.6 Å². The number of carbonyl (C=O) groups is 1. The summed E-state index contributed by atoms with van der Waals surface area (Å²) in [4.78, 5) is 17.4. The van der Waals surface area contributed by atoms with Crippen LogP contribution in [0.15, 0.2) is 47.8 Å². The summed E-state index contributed by atoms with van der Waals surface area (Å²) >= 11 is 0. The molecule has 0 saturated heterocycles. The number of hydrogen-bond acceptors (Lipinski definition) is 7. The van der Waals surface area contributed by atoms with E-state index < -0.39 is 0 Å². The van der Waals surface area contributed by atoms with Crippen molar-refractivity contribution in [2.75, 3.05) is 12.4 Å². The molecule has 0 spiro atoms. The Morgan fingerprint density at radius 1 is 1.22 bits per heavy atom. The minimum absolute atomic E-state index is 0.221. The van der Waals surface area contributed by atoms with Crippen molar-refractivity contribution in [2.45, 2.75) is 19.4 Å². The highest BCUT2D eigenvalue weighted by atomic mass is 32.9. The summed E-state index contributed by atoms with van der Waals surface area (Å²) in [6.07, 6.45) is 3.17. The van der Waals surface area contributed by atoms with Crippen LogP contribution in [0.3, 0.4) is 0 Å². The van der Waals surface area contributed by atoms with Gasteiger partial charge < -0.3 is 10.1 Å². The molecule has 0 saturated carbocycles. The van der Waals surface area contributed by atoms with Crippen molar-refractivity contribution in [1.82, 2.24) is 10.4 Å². The lowest BCUT2D eigenvalue weighted by atomic mass is 9.90. The molecule has 0 bridgehead atoms. The Hall–Kier alpha value is -2.71. The van der Waals surface area contributed by atoms with Gasteiger partial charge in [-0.05, 0) is 44.2 Å². The van der Waals surface area contributed by atoms with Crippen LogP contribution in [-0.4, -0.2) is 18.0 Å². The Morgan fingerprint density at radius 2 is 2.00 bits per heavy atom. The first kappa shape index (κ1) is 17.7. The van der Waals surface area contributed by atoms with Crippen LogP contribution in [0.25, 0.3) is 11.1 Å². The summed E-state index contributed by atoms with van der Waals surface area (Å²) in [5.41, 5.74) is 6.05. The molecule has 3 heterocycles. The van der Waals surface area contributed by atoms with Crippen LogP contribution in [-0.2, 0) is 5.54 Å². The lowest BCUT2D eigenvalue weighted by Gasteiger charge is -2.33. The lowest BCUT2D eigenvalue weighted by Crippen LogP contribution is -2.32. The van der Waals surface area contributed by atoms with Crippen LogP contribution in [0.5, 0.6) is 5.75 Å². The molecule has 138 valence electrons. The summed E-state index contributed by atoms with van der Waals surface area (Å²) in [6, 6.07) is 9.26. The molecule has 0 unspecified atom stereocenters. The third-order valence-electron chi connectivity index (χ3n) is 4.36. The molecule has 0 aliphatic carbocycles. The molecule has 0 fully saturated rings. The van der Waals surface area contributed by atoms with E-state index >= 15 is 0 Å². The monoisotopic (exact) mass is 398 g/mol. The minimum Gasteiger partial charge on any atom is -0.497 e. The molecular formula is C19H18N4O2S2. The second-order valence-corrected chi connectivity index (χ2v) is 8.75. The van der Waals surface area contributed by atoms with Crippen molar-refractivity contribution in [2.24, 2.45) is 5.10 Å². The average molecular weight is 399 g/mol. The zero-order valence-corrected chi connectivity index (χ0v) is 16.7. The number of methoxy groups -OCH3 is 1. The van der Waals surface area contributed by atoms with Crippen LogP contribution in [0.1, 0.15) is 29.1 Å². The van der Waals surface area contributed by atoms with Gasteiger partial charge >= 0.3 is 0 Å². The van der Waals surface area contributed by atoms with Crippen LogP contribution < -0.4 is 20.2 Å². The van der Waals surface area contributed by atoms with E-state index in [0.29, 0.717) is 5.56 Å². The fourth-order valence-corrected chi connectivity index (χ4v) is 5.90. The number of nitrogens with zero attached hydrogens (tertiary/aromatic N) is 2. The maximum absolute atomic E-state index is 12.3. The highest BCUT2D eigenvalue weighted by Crippen LogP contribution is 2.46. The first-order valence-electron chi connectivity index (χ1n) is 8.34. The molecule has 3 aromatic rings. The summed E-state index contributed by atoms with van der Waals surface area (Å²) in [5, 5.41) is 7.99. The second kappa shape index (κ2) is 6.79. The third-order valence-corrected chi connectivity index (χ3v) is 7.00. The Morgan fingerprint density at radius 3 is 2.74 bits per heavy atom. The van der Waals surface area contributed by atoms with Gasteiger partial charge in [0.1, 0.15) is 5.75 Å². The van der Waals surface area contributed by atoms with Gasteiger partial charge in [0.15, 0.2) is 4.67 Å². The Bertz CT molecular complexity index is 1070. The number of rotatable bonds is 3. The minimum atomic E-state index is -0.261. The van der Waals surface area contributed by atoms with Crippen molar-refractivity contribution in [3.63, 3.8) is 0 Å². The molecule has 8 heteroatoms. The maximum Gasteiger partial charge on any atom is 0.271 e. The summed E-state index contributed by atoms with van der Waals surface area (Å²) in [7, 11) is 4.87. The first-order chi connectivity index (χ1) is 13.0. The van der Waals surface area contributed by atoms with E-state index in [1.807, 2.05) is 18.2 Å². The maximum atomic E-state index is 12.3. The smallest absolute Gasteiger partial charge is 0.271 e. The molecule has 2 N–H and O–H groups in total. The molecule has 0 radical (unpaired) electrons. The molecular weight excluding hydrogens is 380 g/mol. The van der Waals surface area contributed by atoms with Gasteiger partial charge in [-0.2, -0.15) is 5.10 Å². The third kappa shape index (κ3) is 3.22. The standard InChI is InChI=1S/C19H18N4O2S2/c1-19(2)16-15(13-10-12(25-3)4-5-14(13)21-19)18(27-26-16)23-22-17(24)11-6-8-20-9-7-11/h4-10,21H,1-3H3,(H,22,24). The van der Waals surface area contributed by atoms with Crippen LogP contribution in [0.4, 0.5) is 5.69 Å². The number of amides is 1. The van der Waals surface area contributed by atoms with Crippen LogP contribution in [0, 0.1) is 0 Å². The van der Waals surface area contributed by atoms with E-state index in [1.54, 1.807) is 52.3 Å². The largest absolute Gasteiger partial charge is 0.497 e. The number of pyridine rings is 1. The van der Waals surface area contributed by atoms with Gasteiger partial charge in [-0.1, -0.05) is 20.7 Å². The summed E-state index contributed by atoms with van der Waals surface area (Å²) in [6.45, 7) is 4.28. The predicted molar refractivity (Wildman–Crippen MR) is 108 cm³/mol. The molecule has 1 aliphatic heterocycles. The van der Waals surface area contributed by atoms with Gasteiger partial charge in [0, 0.05) is 34.8 Å². The zero-order chi connectivity index (χ0) is 19.0. The van der Waals surface area contributed by atoms with Crippen molar-refractivity contribution in [3.05, 3.63) is 57.8 Å². The number of anilines is 1. The average Bonchev–Trinajstić information content (AvgIpc) is 3.12. The quantitative estimate of drug-likeness (QED) is 0.520. The summed E-state index contributed by atoms with van der Waals surface area (Å²) < 4.78 is 6.17. The van der Waals surface area contributed by atoms with E-state index in [1.165, 1.54) is 4.88 Å². The van der Waals surface area contributed by atoms with E-state index in [0.717, 1.165) is 27.2 Å². The highest BCUT2D eigenvalue weighted by molar-refractivity contribution is 7.68.